The van der Waals surface area contributed by atoms with Crippen LogP contribution in [0.25, 0.3) is 10.9 Å². The number of rotatable bonds is 5. The predicted octanol–water partition coefficient (Wildman–Crippen LogP) is 5.30. The maximum absolute atomic E-state index is 13.8. The number of nitrogens with zero attached hydrogens (tertiary/aromatic N) is 2. The van der Waals surface area contributed by atoms with Gasteiger partial charge in [-0.15, -0.1) is 11.3 Å². The number of benzene rings is 2. The van der Waals surface area contributed by atoms with Crippen LogP contribution in [0.15, 0.2) is 47.8 Å². The maximum Gasteiger partial charge on any atom is 0.231 e. The van der Waals surface area contributed by atoms with Crippen LogP contribution in [0.4, 0.5) is 14.5 Å². The molecule has 4 nitrogen and oxygen atoms in total. The Morgan fingerprint density at radius 3 is 2.52 bits per heavy atom. The van der Waals surface area contributed by atoms with Gasteiger partial charge < -0.3 is 9.88 Å². The van der Waals surface area contributed by atoms with Gasteiger partial charge in [-0.25, -0.2) is 13.8 Å². The minimum Gasteiger partial charge on any atom is -0.358 e. The van der Waals surface area contributed by atoms with E-state index >= 15 is 0 Å². The number of carbonyl (C=O) groups excluding carboxylic acids is 1. The highest BCUT2D eigenvalue weighted by Gasteiger charge is 2.21. The van der Waals surface area contributed by atoms with Crippen molar-refractivity contribution in [3.8, 4) is 0 Å². The highest BCUT2D eigenvalue weighted by molar-refractivity contribution is 7.09. The summed E-state index contributed by atoms with van der Waals surface area (Å²) >= 11 is 1.51. The number of thiazole rings is 1. The van der Waals surface area contributed by atoms with E-state index in [1.165, 1.54) is 35.6 Å². The monoisotopic (exact) mass is 411 g/mol. The number of aromatic amines is 1. The number of nitrogens with one attached hydrogen (secondary N) is 1. The van der Waals surface area contributed by atoms with Crippen LogP contribution >= 0.6 is 11.3 Å². The summed E-state index contributed by atoms with van der Waals surface area (Å²) in [6, 6.07) is 10.3. The number of carbonyl (C=O) groups is 1. The van der Waals surface area contributed by atoms with Crippen molar-refractivity contribution in [2.75, 3.05) is 4.90 Å². The molecule has 0 atom stereocenters. The molecule has 1 amide bonds. The van der Waals surface area contributed by atoms with Crippen LogP contribution in [0.1, 0.15) is 22.0 Å². The molecule has 0 spiro atoms. The summed E-state index contributed by atoms with van der Waals surface area (Å²) in [5, 5.41) is 3.51. The molecule has 0 aliphatic carbocycles. The minimum atomic E-state index is -0.367. The van der Waals surface area contributed by atoms with Crippen LogP contribution in [0.3, 0.4) is 0 Å². The number of halogens is 2. The van der Waals surface area contributed by atoms with E-state index in [1.807, 2.05) is 19.2 Å². The highest BCUT2D eigenvalue weighted by Crippen LogP contribution is 2.26. The van der Waals surface area contributed by atoms with Crippen molar-refractivity contribution in [3.63, 3.8) is 0 Å². The Morgan fingerprint density at radius 1 is 1.10 bits per heavy atom. The Labute approximate surface area is 170 Å². The fraction of sp³-hybridized carbons (Fsp3) is 0.182. The summed E-state index contributed by atoms with van der Waals surface area (Å²) in [5.41, 5.74) is 3.72. The van der Waals surface area contributed by atoms with Crippen molar-refractivity contribution in [2.24, 2.45) is 0 Å². The van der Waals surface area contributed by atoms with Crippen molar-refractivity contribution in [1.29, 1.82) is 0 Å². The summed E-state index contributed by atoms with van der Waals surface area (Å²) in [6.45, 7) is 4.05. The molecular formula is C22H19F2N3OS. The average Bonchev–Trinajstić information content (AvgIpc) is 3.23. The molecule has 4 aromatic rings. The molecule has 4 rings (SSSR count). The lowest BCUT2D eigenvalue weighted by atomic mass is 10.1. The third kappa shape index (κ3) is 4.05. The number of aromatic nitrogens is 2. The number of amides is 1. The molecule has 0 aliphatic rings. The molecule has 148 valence electrons. The number of H-pyrrole nitrogens is 1. The Morgan fingerprint density at radius 2 is 1.83 bits per heavy atom. The molecule has 1 N–H and O–H groups in total. The Bertz CT molecular complexity index is 1180. The van der Waals surface area contributed by atoms with Crippen molar-refractivity contribution >= 4 is 33.8 Å². The summed E-state index contributed by atoms with van der Waals surface area (Å²) in [5.74, 6) is -0.886. The first kappa shape index (κ1) is 19.3. The molecule has 7 heteroatoms. The molecule has 2 aromatic carbocycles. The molecule has 0 bridgehead atoms. The van der Waals surface area contributed by atoms with Gasteiger partial charge in [0.2, 0.25) is 5.91 Å². The Hall–Kier alpha value is -3.06. The van der Waals surface area contributed by atoms with Gasteiger partial charge in [-0.3, -0.25) is 4.79 Å². The van der Waals surface area contributed by atoms with Crippen LogP contribution in [0.5, 0.6) is 0 Å². The topological polar surface area (TPSA) is 49.0 Å². The van der Waals surface area contributed by atoms with E-state index in [0.29, 0.717) is 11.1 Å². The second kappa shape index (κ2) is 7.75. The first-order valence-corrected chi connectivity index (χ1v) is 10.0. The lowest BCUT2D eigenvalue weighted by Gasteiger charge is -2.22. The molecule has 0 unspecified atom stereocenters. The lowest BCUT2D eigenvalue weighted by molar-refractivity contribution is -0.118. The number of hydrogen-bond donors (Lipinski definition) is 1. The molecule has 29 heavy (non-hydrogen) atoms. The standard InChI is InChI=1S/C22H19F2N3OS/c1-13-19(20-9-16(24)5-8-21(20)25-13)10-22(28)27(11-17-12-29-14(2)26-17)18-6-3-15(23)4-7-18/h3-9,12,25H,10-11H2,1-2H3. The summed E-state index contributed by atoms with van der Waals surface area (Å²) in [7, 11) is 0. The zero-order valence-corrected chi connectivity index (χ0v) is 16.8. The number of anilines is 1. The van der Waals surface area contributed by atoms with Gasteiger partial charge in [0, 0.05) is 27.7 Å². The average molecular weight is 411 g/mol. The fourth-order valence-electron chi connectivity index (χ4n) is 3.42. The molecule has 0 saturated carbocycles. The molecule has 0 aliphatic heterocycles. The highest BCUT2D eigenvalue weighted by atomic mass is 32.1. The van der Waals surface area contributed by atoms with Gasteiger partial charge >= 0.3 is 0 Å². The number of hydrogen-bond acceptors (Lipinski definition) is 3. The first-order valence-electron chi connectivity index (χ1n) is 9.14. The van der Waals surface area contributed by atoms with E-state index in [2.05, 4.69) is 9.97 Å². The van der Waals surface area contributed by atoms with Crippen LogP contribution < -0.4 is 4.90 Å². The Kier molecular flexibility index (Phi) is 5.15. The second-order valence-electron chi connectivity index (χ2n) is 6.91. The molecular weight excluding hydrogens is 392 g/mol. The van der Waals surface area contributed by atoms with E-state index in [-0.39, 0.29) is 30.5 Å². The van der Waals surface area contributed by atoms with E-state index < -0.39 is 0 Å². The second-order valence-corrected chi connectivity index (χ2v) is 7.97. The van der Waals surface area contributed by atoms with Crippen molar-refractivity contribution in [2.45, 2.75) is 26.8 Å². The van der Waals surface area contributed by atoms with Gasteiger partial charge in [-0.1, -0.05) is 0 Å². The van der Waals surface area contributed by atoms with Crippen molar-refractivity contribution < 1.29 is 13.6 Å². The van der Waals surface area contributed by atoms with Crippen LogP contribution in [0, 0.1) is 25.5 Å². The third-order valence-corrected chi connectivity index (χ3v) is 5.66. The predicted molar refractivity (Wildman–Crippen MR) is 111 cm³/mol. The third-order valence-electron chi connectivity index (χ3n) is 4.84. The van der Waals surface area contributed by atoms with Gasteiger partial charge in [0.15, 0.2) is 0 Å². The quantitative estimate of drug-likeness (QED) is 0.485. The first-order chi connectivity index (χ1) is 13.9. The van der Waals surface area contributed by atoms with E-state index in [4.69, 9.17) is 0 Å². The zero-order valence-electron chi connectivity index (χ0n) is 16.0. The summed E-state index contributed by atoms with van der Waals surface area (Å²) in [4.78, 5) is 22.5. The summed E-state index contributed by atoms with van der Waals surface area (Å²) < 4.78 is 27.2. The van der Waals surface area contributed by atoms with E-state index in [1.54, 1.807) is 23.1 Å². The van der Waals surface area contributed by atoms with E-state index in [9.17, 15) is 13.6 Å². The van der Waals surface area contributed by atoms with Crippen molar-refractivity contribution in [3.05, 3.63) is 81.4 Å². The minimum absolute atomic E-state index is 0.0930. The molecule has 0 radical (unpaired) electrons. The van der Waals surface area contributed by atoms with Crippen LogP contribution in [-0.4, -0.2) is 15.9 Å². The molecule has 2 heterocycles. The van der Waals surface area contributed by atoms with Gasteiger partial charge in [-0.05, 0) is 61.9 Å². The van der Waals surface area contributed by atoms with Crippen LogP contribution in [0.2, 0.25) is 0 Å². The smallest absolute Gasteiger partial charge is 0.231 e. The zero-order chi connectivity index (χ0) is 20.5. The van der Waals surface area contributed by atoms with Gasteiger partial charge in [0.1, 0.15) is 11.6 Å². The molecule has 0 fully saturated rings. The summed E-state index contributed by atoms with van der Waals surface area (Å²) in [6.07, 6.45) is 0.0930. The van der Waals surface area contributed by atoms with Gasteiger partial charge in [0.05, 0.1) is 23.7 Å². The fourth-order valence-corrected chi connectivity index (χ4v) is 4.02. The molecule has 2 aromatic heterocycles. The maximum atomic E-state index is 13.8. The van der Waals surface area contributed by atoms with Crippen LogP contribution in [-0.2, 0) is 17.8 Å². The SMILES string of the molecule is Cc1nc(CN(C(=O)Cc2c(C)[nH]c3ccc(F)cc23)c2ccc(F)cc2)cs1. The Balaban J connectivity index is 1.69. The number of fused-ring (bicyclic) bond motifs is 1. The normalized spacial score (nSPS) is 11.2. The molecule has 0 saturated heterocycles. The lowest BCUT2D eigenvalue weighted by Crippen LogP contribution is -2.32. The van der Waals surface area contributed by atoms with Gasteiger partial charge in [-0.2, -0.15) is 0 Å². The number of aryl methyl sites for hydroxylation is 2. The van der Waals surface area contributed by atoms with Crippen molar-refractivity contribution in [1.82, 2.24) is 9.97 Å². The van der Waals surface area contributed by atoms with E-state index in [0.717, 1.165) is 27.5 Å². The largest absolute Gasteiger partial charge is 0.358 e. The van der Waals surface area contributed by atoms with Gasteiger partial charge in [0.25, 0.3) is 0 Å².